The minimum absolute atomic E-state index is 0.0216. The summed E-state index contributed by atoms with van der Waals surface area (Å²) in [4.78, 5) is 23.1. The summed E-state index contributed by atoms with van der Waals surface area (Å²) in [5.74, 6) is -1.32. The van der Waals surface area contributed by atoms with E-state index < -0.39 is 24.2 Å². The van der Waals surface area contributed by atoms with E-state index in [-0.39, 0.29) is 13.0 Å². The van der Waals surface area contributed by atoms with Crippen LogP contribution in [0.5, 0.6) is 0 Å². The SMILES string of the molecule is O=C(NC(C(=O)O)C(O)Cc1ccccc1)OCc1ccccc1. The molecule has 0 bridgehead atoms. The first-order valence-corrected chi connectivity index (χ1v) is 7.48. The molecule has 0 saturated carbocycles. The number of amides is 1. The predicted molar refractivity (Wildman–Crippen MR) is 87.3 cm³/mol. The normalized spacial score (nSPS) is 12.9. The van der Waals surface area contributed by atoms with Crippen LogP contribution in [0.4, 0.5) is 4.79 Å². The van der Waals surface area contributed by atoms with E-state index >= 15 is 0 Å². The number of aliphatic hydroxyl groups excluding tert-OH is 1. The number of aliphatic carboxylic acids is 1. The number of hydrogen-bond acceptors (Lipinski definition) is 4. The van der Waals surface area contributed by atoms with Gasteiger partial charge in [-0.1, -0.05) is 60.7 Å². The van der Waals surface area contributed by atoms with Gasteiger partial charge >= 0.3 is 12.1 Å². The molecule has 2 rings (SSSR count). The Balaban J connectivity index is 1.90. The van der Waals surface area contributed by atoms with Gasteiger partial charge in [-0.3, -0.25) is 0 Å². The maximum atomic E-state index is 11.8. The summed E-state index contributed by atoms with van der Waals surface area (Å²) in [6, 6.07) is 16.5. The summed E-state index contributed by atoms with van der Waals surface area (Å²) in [6.45, 7) is 0.0216. The molecule has 6 nitrogen and oxygen atoms in total. The molecule has 0 aliphatic rings. The van der Waals surface area contributed by atoms with Crippen LogP contribution in [0.15, 0.2) is 60.7 Å². The van der Waals surface area contributed by atoms with Gasteiger partial charge in [0.05, 0.1) is 6.10 Å². The number of carbonyl (C=O) groups excluding carboxylic acids is 1. The quantitative estimate of drug-likeness (QED) is 0.722. The van der Waals surface area contributed by atoms with Gasteiger partial charge in [0.2, 0.25) is 0 Å². The van der Waals surface area contributed by atoms with Crippen molar-refractivity contribution < 1.29 is 24.5 Å². The molecule has 0 aromatic heterocycles. The summed E-state index contributed by atoms with van der Waals surface area (Å²) < 4.78 is 4.98. The lowest BCUT2D eigenvalue weighted by Gasteiger charge is -2.20. The molecule has 0 fully saturated rings. The Hall–Kier alpha value is -2.86. The number of alkyl carbamates (subject to hydrolysis) is 1. The van der Waals surface area contributed by atoms with Gasteiger partial charge in [-0.05, 0) is 11.1 Å². The molecule has 126 valence electrons. The van der Waals surface area contributed by atoms with Gasteiger partial charge in [0.25, 0.3) is 0 Å². The molecule has 0 radical (unpaired) electrons. The number of nitrogens with one attached hydrogen (secondary N) is 1. The summed E-state index contributed by atoms with van der Waals surface area (Å²) in [7, 11) is 0. The predicted octanol–water partition coefficient (Wildman–Crippen LogP) is 1.97. The molecule has 2 aromatic rings. The van der Waals surface area contributed by atoms with E-state index in [1.807, 2.05) is 12.1 Å². The first-order chi connectivity index (χ1) is 11.6. The fourth-order valence-corrected chi connectivity index (χ4v) is 2.19. The second-order valence-corrected chi connectivity index (χ2v) is 5.28. The van der Waals surface area contributed by atoms with E-state index in [0.717, 1.165) is 11.1 Å². The molecule has 3 N–H and O–H groups in total. The van der Waals surface area contributed by atoms with Crippen LogP contribution in [0.3, 0.4) is 0 Å². The van der Waals surface area contributed by atoms with Crippen LogP contribution in [-0.4, -0.2) is 34.4 Å². The molecule has 0 aliphatic carbocycles. The van der Waals surface area contributed by atoms with Gasteiger partial charge in [0.1, 0.15) is 6.61 Å². The monoisotopic (exact) mass is 329 g/mol. The van der Waals surface area contributed by atoms with Crippen molar-refractivity contribution in [2.75, 3.05) is 0 Å². The van der Waals surface area contributed by atoms with E-state index in [0.29, 0.717) is 0 Å². The Labute approximate surface area is 139 Å². The molecule has 0 heterocycles. The molecule has 1 amide bonds. The Morgan fingerprint density at radius 3 is 2.04 bits per heavy atom. The lowest BCUT2D eigenvalue weighted by atomic mass is 10.0. The fraction of sp³-hybridized carbons (Fsp3) is 0.222. The maximum absolute atomic E-state index is 11.8. The van der Waals surface area contributed by atoms with Crippen molar-refractivity contribution in [3.05, 3.63) is 71.8 Å². The van der Waals surface area contributed by atoms with Gasteiger partial charge in [-0.2, -0.15) is 0 Å². The van der Waals surface area contributed by atoms with Crippen LogP contribution in [0, 0.1) is 0 Å². The Bertz CT molecular complexity index is 660. The zero-order valence-electron chi connectivity index (χ0n) is 13.0. The first kappa shape index (κ1) is 17.5. The Morgan fingerprint density at radius 2 is 1.50 bits per heavy atom. The Kier molecular flexibility index (Phi) is 6.33. The van der Waals surface area contributed by atoms with E-state index in [9.17, 15) is 19.8 Å². The summed E-state index contributed by atoms with van der Waals surface area (Å²) >= 11 is 0. The van der Waals surface area contributed by atoms with Gasteiger partial charge in [-0.15, -0.1) is 0 Å². The minimum Gasteiger partial charge on any atom is -0.480 e. The van der Waals surface area contributed by atoms with E-state index in [1.54, 1.807) is 48.5 Å². The van der Waals surface area contributed by atoms with Crippen molar-refractivity contribution in [1.29, 1.82) is 0 Å². The third kappa shape index (κ3) is 5.40. The number of carboxylic acid groups (broad SMARTS) is 1. The van der Waals surface area contributed by atoms with Crippen LogP contribution < -0.4 is 5.32 Å². The van der Waals surface area contributed by atoms with Gasteiger partial charge in [-0.25, -0.2) is 9.59 Å². The third-order valence-electron chi connectivity index (χ3n) is 3.42. The maximum Gasteiger partial charge on any atom is 0.408 e. The van der Waals surface area contributed by atoms with Crippen molar-refractivity contribution >= 4 is 12.1 Å². The van der Waals surface area contributed by atoms with Crippen molar-refractivity contribution in [3.63, 3.8) is 0 Å². The van der Waals surface area contributed by atoms with Crippen LogP contribution in [0.2, 0.25) is 0 Å². The number of aliphatic hydroxyl groups is 1. The van der Waals surface area contributed by atoms with E-state index in [2.05, 4.69) is 5.32 Å². The molecular weight excluding hydrogens is 310 g/mol. The number of hydrogen-bond donors (Lipinski definition) is 3. The Morgan fingerprint density at radius 1 is 0.958 bits per heavy atom. The number of benzene rings is 2. The molecule has 2 atom stereocenters. The zero-order chi connectivity index (χ0) is 17.4. The molecule has 0 saturated heterocycles. The summed E-state index contributed by atoms with van der Waals surface area (Å²) in [5.41, 5.74) is 1.56. The first-order valence-electron chi connectivity index (χ1n) is 7.48. The molecule has 2 unspecified atom stereocenters. The second kappa shape index (κ2) is 8.69. The minimum atomic E-state index is -1.45. The fourth-order valence-electron chi connectivity index (χ4n) is 2.19. The molecular formula is C18H19NO5. The molecule has 0 spiro atoms. The molecule has 24 heavy (non-hydrogen) atoms. The van der Waals surface area contributed by atoms with Gasteiger partial charge in [0.15, 0.2) is 6.04 Å². The lowest BCUT2D eigenvalue weighted by molar-refractivity contribution is -0.142. The highest BCUT2D eigenvalue weighted by molar-refractivity contribution is 5.80. The highest BCUT2D eigenvalue weighted by Crippen LogP contribution is 2.07. The molecule has 2 aromatic carbocycles. The number of ether oxygens (including phenoxy) is 1. The van der Waals surface area contributed by atoms with Crippen LogP contribution >= 0.6 is 0 Å². The van der Waals surface area contributed by atoms with Crippen molar-refractivity contribution in [2.24, 2.45) is 0 Å². The molecule has 0 aliphatic heterocycles. The highest BCUT2D eigenvalue weighted by Gasteiger charge is 2.29. The standard InChI is InChI=1S/C18H19NO5/c20-15(11-13-7-3-1-4-8-13)16(17(21)22)19-18(23)24-12-14-9-5-2-6-10-14/h1-10,15-16,20H,11-12H2,(H,19,23)(H,21,22). The number of carboxylic acids is 1. The second-order valence-electron chi connectivity index (χ2n) is 5.28. The highest BCUT2D eigenvalue weighted by atomic mass is 16.5. The van der Waals surface area contributed by atoms with E-state index in [1.165, 1.54) is 0 Å². The van der Waals surface area contributed by atoms with Crippen molar-refractivity contribution in [2.45, 2.75) is 25.2 Å². The average molecular weight is 329 g/mol. The van der Waals surface area contributed by atoms with Gasteiger partial charge < -0.3 is 20.3 Å². The summed E-state index contributed by atoms with van der Waals surface area (Å²) in [5, 5.41) is 21.5. The van der Waals surface area contributed by atoms with Crippen LogP contribution in [-0.2, 0) is 22.6 Å². The average Bonchev–Trinajstić information content (AvgIpc) is 2.59. The zero-order valence-corrected chi connectivity index (χ0v) is 13.0. The number of rotatable bonds is 7. The van der Waals surface area contributed by atoms with Crippen molar-refractivity contribution in [3.8, 4) is 0 Å². The lowest BCUT2D eigenvalue weighted by Crippen LogP contribution is -2.49. The topological polar surface area (TPSA) is 95.9 Å². The van der Waals surface area contributed by atoms with Crippen LogP contribution in [0.1, 0.15) is 11.1 Å². The largest absolute Gasteiger partial charge is 0.480 e. The number of carbonyl (C=O) groups is 2. The van der Waals surface area contributed by atoms with E-state index in [4.69, 9.17) is 4.74 Å². The van der Waals surface area contributed by atoms with Gasteiger partial charge in [0, 0.05) is 6.42 Å². The molecule has 6 heteroatoms. The smallest absolute Gasteiger partial charge is 0.408 e. The third-order valence-corrected chi connectivity index (χ3v) is 3.42. The van der Waals surface area contributed by atoms with Crippen LogP contribution in [0.25, 0.3) is 0 Å². The summed E-state index contributed by atoms with van der Waals surface area (Å²) in [6.07, 6.45) is -2.05. The van der Waals surface area contributed by atoms with Crippen molar-refractivity contribution in [1.82, 2.24) is 5.32 Å².